The Morgan fingerprint density at radius 3 is 2.78 bits per heavy atom. The highest BCUT2D eigenvalue weighted by Crippen LogP contribution is 2.34. The number of rotatable bonds is 1. The second-order valence-electron chi connectivity index (χ2n) is 7.83. The van der Waals surface area contributed by atoms with Gasteiger partial charge in [0, 0.05) is 31.7 Å². The molecular weight excluding hydrogens is 373 g/mol. The first kappa shape index (κ1) is 19.9. The third-order valence-corrected chi connectivity index (χ3v) is 5.13. The number of fused-ring (bicyclic) bond motifs is 1. The van der Waals surface area contributed by atoms with Crippen LogP contribution in [0.5, 0.6) is 0 Å². The van der Waals surface area contributed by atoms with Gasteiger partial charge in [0.2, 0.25) is 0 Å². The zero-order valence-electron chi connectivity index (χ0n) is 15.7. The van der Waals surface area contributed by atoms with Crippen molar-refractivity contribution in [2.24, 2.45) is 0 Å². The van der Waals surface area contributed by atoms with Crippen LogP contribution in [0.3, 0.4) is 0 Å². The van der Waals surface area contributed by atoms with E-state index in [2.05, 4.69) is 4.90 Å². The average molecular weight is 396 g/mol. The molecule has 0 spiro atoms. The Morgan fingerprint density at radius 1 is 1.37 bits per heavy atom. The summed E-state index contributed by atoms with van der Waals surface area (Å²) < 4.78 is 25.1. The molecule has 0 radical (unpaired) electrons. The number of hydrogen-bond acceptors (Lipinski definition) is 5. The van der Waals surface area contributed by atoms with E-state index in [-0.39, 0.29) is 28.8 Å². The van der Waals surface area contributed by atoms with Gasteiger partial charge in [0.25, 0.3) is 0 Å². The summed E-state index contributed by atoms with van der Waals surface area (Å²) in [5.74, 6) is -0.633. The highest BCUT2D eigenvalue weighted by molar-refractivity contribution is 6.32. The van der Waals surface area contributed by atoms with Crippen LogP contribution in [0.1, 0.15) is 38.0 Å². The molecule has 2 aliphatic rings. The maximum Gasteiger partial charge on any atom is 0.410 e. The van der Waals surface area contributed by atoms with Gasteiger partial charge in [0.05, 0.1) is 23.8 Å². The molecule has 1 aromatic carbocycles. The number of hydrogen-bond donors (Lipinski definition) is 0. The number of nitrogens with zero attached hydrogens (tertiary/aromatic N) is 3. The van der Waals surface area contributed by atoms with Crippen LogP contribution in [-0.4, -0.2) is 60.3 Å². The molecule has 2 saturated heterocycles. The fourth-order valence-electron chi connectivity index (χ4n) is 3.38. The molecule has 146 valence electrons. The molecule has 2 fully saturated rings. The number of morpholine rings is 1. The normalized spacial score (nSPS) is 23.5. The average Bonchev–Trinajstić information content (AvgIpc) is 2.60. The van der Waals surface area contributed by atoms with Crippen molar-refractivity contribution in [1.29, 1.82) is 5.26 Å². The Hall–Kier alpha value is -1.88. The fraction of sp³-hybridized carbons (Fsp3) is 0.579. The first-order chi connectivity index (χ1) is 12.7. The molecule has 0 saturated carbocycles. The molecular formula is C19H23ClFN3O3. The fourth-order valence-corrected chi connectivity index (χ4v) is 3.70. The molecule has 0 unspecified atom stereocenters. The molecule has 27 heavy (non-hydrogen) atoms. The number of amides is 1. The van der Waals surface area contributed by atoms with Gasteiger partial charge in [0.1, 0.15) is 23.1 Å². The van der Waals surface area contributed by atoms with Crippen molar-refractivity contribution in [3.05, 3.63) is 34.1 Å². The van der Waals surface area contributed by atoms with E-state index in [9.17, 15) is 9.18 Å². The van der Waals surface area contributed by atoms with Crippen molar-refractivity contribution in [2.75, 3.05) is 32.8 Å². The van der Waals surface area contributed by atoms with Gasteiger partial charge in [0.15, 0.2) is 0 Å². The zero-order chi connectivity index (χ0) is 19.8. The van der Waals surface area contributed by atoms with Crippen molar-refractivity contribution in [1.82, 2.24) is 9.80 Å². The topological polar surface area (TPSA) is 65.8 Å². The van der Waals surface area contributed by atoms with Crippen molar-refractivity contribution in [3.8, 4) is 6.07 Å². The first-order valence-corrected chi connectivity index (χ1v) is 9.29. The lowest BCUT2D eigenvalue weighted by atomic mass is 10.0. The van der Waals surface area contributed by atoms with E-state index in [4.69, 9.17) is 26.3 Å². The van der Waals surface area contributed by atoms with Gasteiger partial charge in [-0.15, -0.1) is 0 Å². The highest BCUT2D eigenvalue weighted by atomic mass is 35.5. The van der Waals surface area contributed by atoms with Crippen LogP contribution in [0.4, 0.5) is 9.18 Å². The Morgan fingerprint density at radius 2 is 2.11 bits per heavy atom. The zero-order valence-corrected chi connectivity index (χ0v) is 16.4. The molecule has 0 aliphatic carbocycles. The summed E-state index contributed by atoms with van der Waals surface area (Å²) in [5.41, 5.74) is -0.0718. The number of benzene rings is 1. The maximum absolute atomic E-state index is 13.7. The molecule has 8 heteroatoms. The van der Waals surface area contributed by atoms with E-state index in [1.54, 1.807) is 17.0 Å². The predicted molar refractivity (Wildman–Crippen MR) is 98.0 cm³/mol. The van der Waals surface area contributed by atoms with Crippen LogP contribution in [0.15, 0.2) is 12.1 Å². The van der Waals surface area contributed by atoms with E-state index >= 15 is 0 Å². The Labute approximate surface area is 163 Å². The highest BCUT2D eigenvalue weighted by Gasteiger charge is 2.37. The van der Waals surface area contributed by atoms with E-state index in [1.165, 1.54) is 6.07 Å². The lowest BCUT2D eigenvalue weighted by Gasteiger charge is -2.46. The molecule has 0 N–H and O–H groups in total. The lowest BCUT2D eigenvalue weighted by molar-refractivity contribution is -0.0906. The Bertz CT molecular complexity index is 775. The van der Waals surface area contributed by atoms with Gasteiger partial charge < -0.3 is 14.4 Å². The quantitative estimate of drug-likeness (QED) is 0.729. The Kier molecular flexibility index (Phi) is 5.61. The van der Waals surface area contributed by atoms with Crippen LogP contribution in [-0.2, 0) is 9.47 Å². The molecule has 0 aromatic heterocycles. The summed E-state index contributed by atoms with van der Waals surface area (Å²) in [5, 5.41) is 9.20. The maximum atomic E-state index is 13.7. The minimum Gasteiger partial charge on any atom is -0.444 e. The molecule has 1 amide bonds. The van der Waals surface area contributed by atoms with Crippen LogP contribution < -0.4 is 0 Å². The van der Waals surface area contributed by atoms with Gasteiger partial charge >= 0.3 is 6.09 Å². The number of piperazine rings is 1. The van der Waals surface area contributed by atoms with Crippen LogP contribution in [0.2, 0.25) is 5.02 Å². The second-order valence-corrected chi connectivity index (χ2v) is 8.21. The summed E-state index contributed by atoms with van der Waals surface area (Å²) in [7, 11) is 0. The molecule has 2 heterocycles. The number of carbonyl (C=O) groups excluding carboxylic acids is 1. The molecule has 0 bridgehead atoms. The van der Waals surface area contributed by atoms with Gasteiger partial charge in [-0.1, -0.05) is 17.7 Å². The van der Waals surface area contributed by atoms with Crippen molar-refractivity contribution >= 4 is 17.7 Å². The summed E-state index contributed by atoms with van der Waals surface area (Å²) in [6.07, 6.45) is -0.654. The molecule has 3 rings (SSSR count). The standard InChI is InChI=1S/C19H23ClFN3O3/c1-19(2,3)27-18(25)24-7-6-23-10-16(26-11-12(23)9-24)13-4-5-15(21)14(8-22)17(13)20/h4-5,12,16H,6-7,9-11H2,1-3H3/t12-,16-/m0/s1. The monoisotopic (exact) mass is 395 g/mol. The summed E-state index contributed by atoms with van der Waals surface area (Å²) in [6, 6.07) is 4.68. The van der Waals surface area contributed by atoms with Crippen molar-refractivity contribution in [3.63, 3.8) is 0 Å². The third kappa shape index (κ3) is 4.34. The van der Waals surface area contributed by atoms with E-state index in [0.29, 0.717) is 38.3 Å². The largest absolute Gasteiger partial charge is 0.444 e. The SMILES string of the molecule is CC(C)(C)OC(=O)N1CCN2C[C@@H](c3ccc(F)c(C#N)c3Cl)OC[C@@H]2C1. The minimum atomic E-state index is -0.633. The van der Waals surface area contributed by atoms with E-state index in [0.717, 1.165) is 0 Å². The van der Waals surface area contributed by atoms with Crippen LogP contribution in [0.25, 0.3) is 0 Å². The number of halogens is 2. The first-order valence-electron chi connectivity index (χ1n) is 8.91. The van der Waals surface area contributed by atoms with Crippen LogP contribution >= 0.6 is 11.6 Å². The summed E-state index contributed by atoms with van der Waals surface area (Å²) in [6.45, 7) is 8.31. The van der Waals surface area contributed by atoms with Crippen molar-refractivity contribution in [2.45, 2.75) is 38.5 Å². The number of nitriles is 1. The minimum absolute atomic E-state index is 0.0668. The number of ether oxygens (including phenoxy) is 2. The summed E-state index contributed by atoms with van der Waals surface area (Å²) in [4.78, 5) is 16.2. The molecule has 2 atom stereocenters. The molecule has 6 nitrogen and oxygen atoms in total. The predicted octanol–water partition coefficient (Wildman–Crippen LogP) is 3.34. The molecule has 2 aliphatic heterocycles. The Balaban J connectivity index is 1.67. The van der Waals surface area contributed by atoms with Crippen molar-refractivity contribution < 1.29 is 18.7 Å². The smallest absolute Gasteiger partial charge is 0.410 e. The van der Waals surface area contributed by atoms with Crippen LogP contribution in [0, 0.1) is 17.1 Å². The molecule has 1 aromatic rings. The number of carbonyl (C=O) groups is 1. The third-order valence-electron chi connectivity index (χ3n) is 4.73. The van der Waals surface area contributed by atoms with Gasteiger partial charge in [-0.25, -0.2) is 9.18 Å². The van der Waals surface area contributed by atoms with E-state index in [1.807, 2.05) is 20.8 Å². The summed E-state index contributed by atoms with van der Waals surface area (Å²) >= 11 is 6.22. The van der Waals surface area contributed by atoms with E-state index < -0.39 is 11.4 Å². The second kappa shape index (κ2) is 7.63. The van der Waals surface area contributed by atoms with Gasteiger partial charge in [-0.3, -0.25) is 4.90 Å². The lowest BCUT2D eigenvalue weighted by Crippen LogP contribution is -2.60. The van der Waals surface area contributed by atoms with Gasteiger partial charge in [-0.2, -0.15) is 5.26 Å². The van der Waals surface area contributed by atoms with Gasteiger partial charge in [-0.05, 0) is 26.8 Å².